The van der Waals surface area contributed by atoms with Crippen LogP contribution in [0.3, 0.4) is 0 Å². The van der Waals surface area contributed by atoms with Gasteiger partial charge in [0.15, 0.2) is 6.10 Å². The van der Waals surface area contributed by atoms with Crippen molar-refractivity contribution in [2.24, 2.45) is 45.3 Å². The number of hydrogen-bond acceptors (Lipinski definition) is 6. The van der Waals surface area contributed by atoms with Crippen LogP contribution >= 0.6 is 0 Å². The lowest BCUT2D eigenvalue weighted by Gasteiger charge is -2.58. The highest BCUT2D eigenvalue weighted by atomic mass is 16.6. The van der Waals surface area contributed by atoms with Crippen molar-refractivity contribution in [3.63, 3.8) is 0 Å². The van der Waals surface area contributed by atoms with E-state index in [1.54, 1.807) is 13.8 Å². The van der Waals surface area contributed by atoms with E-state index in [0.29, 0.717) is 22.7 Å². The van der Waals surface area contributed by atoms with Gasteiger partial charge >= 0.3 is 5.97 Å². The predicted molar refractivity (Wildman–Crippen MR) is 172 cm³/mol. The number of allylic oxidation sites excluding steroid dienone is 2. The zero-order valence-electron chi connectivity index (χ0n) is 27.3. The summed E-state index contributed by atoms with van der Waals surface area (Å²) in [5, 5.41) is 28.7. The first-order chi connectivity index (χ1) is 19.7. The first-order valence-electron chi connectivity index (χ1n) is 15.8. The Labute approximate surface area is 262 Å². The van der Waals surface area contributed by atoms with Gasteiger partial charge in [-0.1, -0.05) is 35.1 Å². The minimum absolute atomic E-state index is 0. The molecule has 6 rings (SSSR count). The lowest BCUT2D eigenvalue weighted by atomic mass is 9.46. The van der Waals surface area contributed by atoms with E-state index in [-0.39, 0.29) is 36.4 Å². The number of esters is 1. The average molecular weight is 601 g/mol. The molecule has 0 radical (unpaired) electrons. The van der Waals surface area contributed by atoms with E-state index < -0.39 is 11.7 Å². The Morgan fingerprint density at radius 2 is 1.58 bits per heavy atom. The Morgan fingerprint density at radius 1 is 0.977 bits per heavy atom. The van der Waals surface area contributed by atoms with Crippen LogP contribution in [0.4, 0.5) is 0 Å². The van der Waals surface area contributed by atoms with Crippen molar-refractivity contribution >= 4 is 5.97 Å². The Kier molecular flexibility index (Phi) is 11.1. The molecule has 0 aromatic heterocycles. The molecule has 6 aliphatic rings. The zero-order valence-corrected chi connectivity index (χ0v) is 27.3. The molecule has 0 saturated heterocycles. The summed E-state index contributed by atoms with van der Waals surface area (Å²) in [5.74, 6) is 3.48. The van der Waals surface area contributed by atoms with E-state index in [4.69, 9.17) is 14.6 Å². The molecule has 0 aromatic rings. The molecule has 3 unspecified atom stereocenters. The molecule has 4 fully saturated rings. The maximum Gasteiger partial charge on any atom is 0.303 e. The molecular weight excluding hydrogens is 540 g/mol. The lowest BCUT2D eigenvalue weighted by Crippen LogP contribution is -2.54. The molecule has 6 heteroatoms. The van der Waals surface area contributed by atoms with Crippen molar-refractivity contribution in [1.82, 2.24) is 0 Å². The van der Waals surface area contributed by atoms with Gasteiger partial charge in [0.2, 0.25) is 0 Å². The molecule has 43 heavy (non-hydrogen) atoms. The van der Waals surface area contributed by atoms with Crippen LogP contribution in [-0.4, -0.2) is 52.3 Å². The molecule has 6 nitrogen and oxygen atoms in total. The summed E-state index contributed by atoms with van der Waals surface area (Å²) in [5.41, 5.74) is 1.41. The average Bonchev–Trinajstić information content (AvgIpc) is 3.34. The van der Waals surface area contributed by atoms with Gasteiger partial charge in [-0.25, -0.2) is 0 Å². The van der Waals surface area contributed by atoms with Gasteiger partial charge in [-0.2, -0.15) is 0 Å². The second-order valence-electron chi connectivity index (χ2n) is 14.9. The summed E-state index contributed by atoms with van der Waals surface area (Å²) >= 11 is 0. The molecule has 0 bridgehead atoms. The van der Waals surface area contributed by atoms with Gasteiger partial charge < -0.3 is 24.8 Å². The Hall–Kier alpha value is -1.99. The topological polar surface area (TPSA) is 96.2 Å². The molecule has 0 amide bonds. The summed E-state index contributed by atoms with van der Waals surface area (Å²) in [6.07, 6.45) is 24.8. The van der Waals surface area contributed by atoms with Gasteiger partial charge in [-0.05, 0) is 116 Å². The van der Waals surface area contributed by atoms with Crippen molar-refractivity contribution in [1.29, 1.82) is 0 Å². The smallest absolute Gasteiger partial charge is 0.303 e. The van der Waals surface area contributed by atoms with Crippen LogP contribution in [0.25, 0.3) is 0 Å². The predicted octanol–water partition coefficient (Wildman–Crippen LogP) is 6.52. The number of aliphatic hydroxyl groups excluding tert-OH is 2. The van der Waals surface area contributed by atoms with E-state index in [1.165, 1.54) is 44.6 Å². The molecule has 4 saturated carbocycles. The summed E-state index contributed by atoms with van der Waals surface area (Å²) in [6.45, 7) is 14.6. The molecule has 0 aromatic carbocycles. The van der Waals surface area contributed by atoms with Crippen LogP contribution in [0, 0.1) is 71.0 Å². The van der Waals surface area contributed by atoms with Crippen molar-refractivity contribution in [2.75, 3.05) is 7.11 Å². The Balaban J connectivity index is 0.000000870. The highest BCUT2D eigenvalue weighted by Gasteiger charge is 2.84. The van der Waals surface area contributed by atoms with Crippen LogP contribution in [-0.2, 0) is 14.3 Å². The van der Waals surface area contributed by atoms with Gasteiger partial charge in [0.05, 0.1) is 17.5 Å². The van der Waals surface area contributed by atoms with Crippen LogP contribution in [0.5, 0.6) is 0 Å². The summed E-state index contributed by atoms with van der Waals surface area (Å²) in [6, 6.07) is 0. The maximum absolute atomic E-state index is 11.8. The first kappa shape index (κ1) is 37.2. The molecular formula is C37H60O6. The van der Waals surface area contributed by atoms with Crippen molar-refractivity contribution in [3.05, 3.63) is 11.3 Å². The van der Waals surface area contributed by atoms with Gasteiger partial charge in [-0.15, -0.1) is 25.7 Å². The fourth-order valence-electron chi connectivity index (χ4n) is 11.5. The quantitative estimate of drug-likeness (QED) is 0.252. The third-order valence-electron chi connectivity index (χ3n) is 13.1. The third kappa shape index (κ3) is 5.14. The van der Waals surface area contributed by atoms with Crippen molar-refractivity contribution < 1.29 is 29.6 Å². The normalized spacial score (nSPS) is 41.7. The summed E-state index contributed by atoms with van der Waals surface area (Å²) in [7, 11) is 1.00. The minimum atomic E-state index is -1.15. The standard InChI is InChI=1S/C31H48O5.2C2H2.CH4O.CH4/c1-17-30-15-14-29(7)20-8-10-22(26(28(5,6)34)35-18(2)32)36-23(20)16-21(29)19(30)9-11-24-27(3,4)25(33)12-13-31(17,24)30;3*1-2;/h17,19,21-22,24-26,33-34H,8-16H2,1-7H3;2*1-2H;2H,1H3;1H4/t17-,19-,21?,22+,24?,25-,26-,29+,30-,31?;;;;/m0..../s1. The minimum Gasteiger partial charge on any atom is -0.491 e. The molecule has 1 heterocycles. The zero-order chi connectivity index (χ0) is 32.1. The van der Waals surface area contributed by atoms with E-state index in [1.807, 2.05) is 0 Å². The summed E-state index contributed by atoms with van der Waals surface area (Å²) in [4.78, 5) is 11.8. The first-order valence-corrected chi connectivity index (χ1v) is 15.8. The largest absolute Gasteiger partial charge is 0.491 e. The Morgan fingerprint density at radius 3 is 2.14 bits per heavy atom. The number of rotatable bonds is 3. The van der Waals surface area contributed by atoms with E-state index in [0.717, 1.165) is 50.4 Å². The number of hydrogen-bond donors (Lipinski definition) is 3. The SMILES string of the molecule is C.C#C.C#C.CC(=O)O[C@@H]([C@H]1CCC2=C(CC3[C@@H]4CCC5C(C)(C)[C@@H](O)CCC56[C@@H](C)[C@@]46CC[C@]23C)O1)C(C)(C)O.CO. The number of carbonyl (C=O) groups is 1. The molecule has 2 spiro atoms. The fourth-order valence-corrected chi connectivity index (χ4v) is 11.5. The molecule has 10 atom stereocenters. The molecule has 244 valence electrons. The third-order valence-corrected chi connectivity index (χ3v) is 13.1. The molecule has 3 N–H and O–H groups in total. The second-order valence-corrected chi connectivity index (χ2v) is 14.9. The number of carbonyl (C=O) groups excluding carboxylic acids is 1. The Bertz CT molecular complexity index is 1070. The van der Waals surface area contributed by atoms with E-state index in [2.05, 4.69) is 53.4 Å². The summed E-state index contributed by atoms with van der Waals surface area (Å²) < 4.78 is 12.3. The van der Waals surface area contributed by atoms with Crippen LogP contribution in [0.2, 0.25) is 0 Å². The van der Waals surface area contributed by atoms with E-state index in [9.17, 15) is 15.0 Å². The second kappa shape index (κ2) is 12.8. The van der Waals surface area contributed by atoms with Crippen LogP contribution in [0.1, 0.15) is 114 Å². The van der Waals surface area contributed by atoms with Gasteiger partial charge in [0.1, 0.15) is 6.10 Å². The maximum atomic E-state index is 11.8. The highest BCUT2D eigenvalue weighted by Crippen LogP contribution is 2.89. The number of fused-ring (bicyclic) bond motifs is 3. The van der Waals surface area contributed by atoms with Crippen LogP contribution < -0.4 is 0 Å². The number of aliphatic hydroxyl groups is 3. The number of ether oxygens (including phenoxy) is 2. The van der Waals surface area contributed by atoms with E-state index >= 15 is 0 Å². The fraction of sp³-hybridized carbons (Fsp3) is 0.811. The number of terminal acetylenes is 2. The van der Waals surface area contributed by atoms with Gasteiger partial charge in [0, 0.05) is 20.5 Å². The molecule has 5 aliphatic carbocycles. The van der Waals surface area contributed by atoms with Crippen molar-refractivity contribution in [2.45, 2.75) is 138 Å². The van der Waals surface area contributed by atoms with Crippen molar-refractivity contribution in [3.8, 4) is 25.7 Å². The highest BCUT2D eigenvalue weighted by molar-refractivity contribution is 5.66. The van der Waals surface area contributed by atoms with Gasteiger partial charge in [0.25, 0.3) is 0 Å². The van der Waals surface area contributed by atoms with Crippen LogP contribution in [0.15, 0.2) is 11.3 Å². The lowest BCUT2D eigenvalue weighted by molar-refractivity contribution is -0.177. The monoisotopic (exact) mass is 600 g/mol. The molecule has 1 aliphatic heterocycles. The van der Waals surface area contributed by atoms with Gasteiger partial charge in [-0.3, -0.25) is 4.79 Å².